The number of ketones is 2. The second-order valence-electron chi connectivity index (χ2n) is 10.2. The molecule has 2 aliphatic rings. The van der Waals surface area contributed by atoms with E-state index in [2.05, 4.69) is 85.7 Å². The average Bonchev–Trinajstić information content (AvgIpc) is 3.04. The van der Waals surface area contributed by atoms with Gasteiger partial charge in [0, 0.05) is 39.9 Å². The number of fused-ring (bicyclic) bond motifs is 2. The molecule has 3 aromatic rings. The number of anilines is 2. The van der Waals surface area contributed by atoms with Crippen molar-refractivity contribution in [2.75, 3.05) is 38.8 Å². The minimum atomic E-state index is -0.345. The maximum absolute atomic E-state index is 12.2. The molecule has 5 rings (SSSR count). The Morgan fingerprint density at radius 2 is 1.41 bits per heavy atom. The van der Waals surface area contributed by atoms with Crippen LogP contribution in [0.4, 0.5) is 11.4 Å². The third kappa shape index (κ3) is 7.83. The van der Waals surface area contributed by atoms with E-state index >= 15 is 0 Å². The molecule has 2 atom stereocenters. The highest BCUT2D eigenvalue weighted by atomic mass is 35.5. The first kappa shape index (κ1) is 34.7. The number of carbonyl (C=O) groups excluding carboxylic acids is 2. The van der Waals surface area contributed by atoms with E-state index in [0.29, 0.717) is 11.6 Å². The Labute approximate surface area is 271 Å². The molecule has 0 bridgehead atoms. The van der Waals surface area contributed by atoms with Gasteiger partial charge in [-0.15, -0.1) is 19.0 Å². The number of allylic oxidation sites excluding steroid dienone is 4. The molecule has 1 heterocycles. The van der Waals surface area contributed by atoms with Crippen molar-refractivity contribution in [3.63, 3.8) is 0 Å². The molecular formula is C36H41ClN2O4S. The van der Waals surface area contributed by atoms with E-state index in [4.69, 9.17) is 9.47 Å². The lowest BCUT2D eigenvalue weighted by Gasteiger charge is -2.37. The van der Waals surface area contributed by atoms with E-state index in [1.165, 1.54) is 40.4 Å². The standard InChI is InChI=1S/C19H24N2S.C17H16O4.ClH/c1-4-20(5-2)15(3)14-21-16-10-6-8-12-18(16)22-19-13-9-7-11-17(19)21;1-4-13(11-5-7-12(20-2)8-6-11)14-9-16(19)17(21-3)10-15(14)18;/h6-13,15H,4-5,14H2,1-3H3;4-10,13H,1H2,2-3H3;1H. The van der Waals surface area contributed by atoms with Crippen molar-refractivity contribution < 1.29 is 19.1 Å². The number of methoxy groups -OCH3 is 2. The normalized spacial score (nSPS) is 14.9. The van der Waals surface area contributed by atoms with E-state index in [1.54, 1.807) is 25.3 Å². The fraction of sp³-hybridized carbons (Fsp3) is 0.278. The molecule has 1 aliphatic heterocycles. The van der Waals surface area contributed by atoms with E-state index < -0.39 is 0 Å². The Kier molecular flexibility index (Phi) is 12.9. The molecule has 0 N–H and O–H groups in total. The van der Waals surface area contributed by atoms with E-state index in [0.717, 1.165) is 30.9 Å². The summed E-state index contributed by atoms with van der Waals surface area (Å²) in [5, 5.41) is 0. The summed E-state index contributed by atoms with van der Waals surface area (Å²) in [5.74, 6) is -0.119. The van der Waals surface area contributed by atoms with Gasteiger partial charge in [0.1, 0.15) is 5.75 Å². The summed E-state index contributed by atoms with van der Waals surface area (Å²) < 4.78 is 9.98. The van der Waals surface area contributed by atoms with Gasteiger partial charge in [0.25, 0.3) is 0 Å². The molecule has 0 radical (unpaired) electrons. The van der Waals surface area contributed by atoms with Crippen LogP contribution in [0.2, 0.25) is 0 Å². The van der Waals surface area contributed by atoms with Crippen LogP contribution in [-0.4, -0.2) is 56.4 Å². The Bertz CT molecular complexity index is 1470. The Hall–Kier alpha value is -3.78. The van der Waals surface area contributed by atoms with E-state index in [1.807, 2.05) is 23.9 Å². The second-order valence-corrected chi connectivity index (χ2v) is 11.3. The Morgan fingerprint density at radius 1 is 0.841 bits per heavy atom. The van der Waals surface area contributed by atoms with E-state index in [9.17, 15) is 9.59 Å². The third-order valence-electron chi connectivity index (χ3n) is 7.76. The second kappa shape index (κ2) is 16.3. The zero-order valence-electron chi connectivity index (χ0n) is 26.0. The van der Waals surface area contributed by atoms with Crippen LogP contribution in [-0.2, 0) is 14.3 Å². The van der Waals surface area contributed by atoms with Crippen LogP contribution in [0, 0.1) is 0 Å². The SMILES string of the molecule is C=CC(C1=CC(=O)C(OC)=CC1=O)c1ccc(OC)cc1.CCN(CC)C(C)CN1c2ccccc2Sc2ccccc21.Cl. The van der Waals surface area contributed by atoms with Gasteiger partial charge in [0.2, 0.25) is 5.78 Å². The molecule has 232 valence electrons. The minimum Gasteiger partial charge on any atom is -0.497 e. The van der Waals surface area contributed by atoms with Gasteiger partial charge in [-0.2, -0.15) is 0 Å². The predicted molar refractivity (Wildman–Crippen MR) is 183 cm³/mol. The summed E-state index contributed by atoms with van der Waals surface area (Å²) in [6.07, 6.45) is 4.18. The van der Waals surface area contributed by atoms with Crippen molar-refractivity contribution in [2.24, 2.45) is 0 Å². The molecule has 0 saturated carbocycles. The maximum atomic E-state index is 12.2. The fourth-order valence-electron chi connectivity index (χ4n) is 5.42. The van der Waals surface area contributed by atoms with Crippen LogP contribution in [0.15, 0.2) is 119 Å². The zero-order valence-corrected chi connectivity index (χ0v) is 27.6. The molecule has 3 aromatic carbocycles. The van der Waals surface area contributed by atoms with Crippen LogP contribution in [0.1, 0.15) is 32.3 Å². The summed E-state index contributed by atoms with van der Waals surface area (Å²) >= 11 is 1.88. The van der Waals surface area contributed by atoms with Crippen molar-refractivity contribution in [1.29, 1.82) is 0 Å². The lowest BCUT2D eigenvalue weighted by Crippen LogP contribution is -2.41. The van der Waals surface area contributed by atoms with Crippen LogP contribution < -0.4 is 9.64 Å². The molecule has 0 amide bonds. The van der Waals surface area contributed by atoms with Gasteiger partial charge in [0.05, 0.1) is 25.6 Å². The van der Waals surface area contributed by atoms with Gasteiger partial charge in [-0.05, 0) is 68.1 Å². The minimum absolute atomic E-state index is 0. The number of nitrogens with zero attached hydrogens (tertiary/aromatic N) is 2. The molecule has 0 aromatic heterocycles. The molecule has 8 heteroatoms. The van der Waals surface area contributed by atoms with E-state index in [-0.39, 0.29) is 35.7 Å². The fourth-order valence-corrected chi connectivity index (χ4v) is 6.51. The highest BCUT2D eigenvalue weighted by molar-refractivity contribution is 7.99. The first-order valence-corrected chi connectivity index (χ1v) is 15.4. The quantitative estimate of drug-likeness (QED) is 0.166. The predicted octanol–water partition coefficient (Wildman–Crippen LogP) is 8.01. The highest BCUT2D eigenvalue weighted by Crippen LogP contribution is 2.47. The number of halogens is 1. The molecule has 6 nitrogen and oxygen atoms in total. The molecule has 44 heavy (non-hydrogen) atoms. The van der Waals surface area contributed by atoms with Crippen molar-refractivity contribution in [3.8, 4) is 5.75 Å². The molecule has 0 fully saturated rings. The number of hydrogen-bond acceptors (Lipinski definition) is 7. The third-order valence-corrected chi connectivity index (χ3v) is 8.89. The molecule has 0 saturated heterocycles. The number of rotatable bonds is 10. The van der Waals surface area contributed by atoms with Crippen LogP contribution in [0.25, 0.3) is 0 Å². The van der Waals surface area contributed by atoms with Crippen molar-refractivity contribution >= 4 is 47.1 Å². The topological polar surface area (TPSA) is 59.1 Å². The molecular weight excluding hydrogens is 592 g/mol. The number of likely N-dealkylation sites (N-methyl/N-ethyl adjacent to an activating group) is 1. The molecule has 2 unspecified atom stereocenters. The van der Waals surface area contributed by atoms with Gasteiger partial charge < -0.3 is 14.4 Å². The van der Waals surface area contributed by atoms with Gasteiger partial charge in [0.15, 0.2) is 11.5 Å². The van der Waals surface area contributed by atoms with Gasteiger partial charge in [-0.1, -0.05) is 68.1 Å². The maximum Gasteiger partial charge on any atom is 0.220 e. The van der Waals surface area contributed by atoms with Gasteiger partial charge >= 0.3 is 0 Å². The van der Waals surface area contributed by atoms with Crippen molar-refractivity contribution in [2.45, 2.75) is 42.5 Å². The monoisotopic (exact) mass is 632 g/mol. The molecule has 1 aliphatic carbocycles. The number of ether oxygens (including phenoxy) is 2. The summed E-state index contributed by atoms with van der Waals surface area (Å²) in [6, 6.07) is 25.3. The Morgan fingerprint density at radius 3 is 1.91 bits per heavy atom. The summed E-state index contributed by atoms with van der Waals surface area (Å²) in [5.41, 5.74) is 3.93. The number of carbonyl (C=O) groups is 2. The first-order chi connectivity index (χ1) is 20.8. The summed E-state index contributed by atoms with van der Waals surface area (Å²) in [7, 11) is 2.95. The summed E-state index contributed by atoms with van der Waals surface area (Å²) in [4.78, 5) is 31.7. The van der Waals surface area contributed by atoms with Crippen molar-refractivity contribution in [1.82, 2.24) is 4.90 Å². The molecule has 0 spiro atoms. The number of para-hydroxylation sites is 2. The lowest BCUT2D eigenvalue weighted by molar-refractivity contribution is -0.117. The number of benzene rings is 3. The number of hydrogen-bond donors (Lipinski definition) is 0. The Balaban J connectivity index is 0.000000235. The zero-order chi connectivity index (χ0) is 30.9. The lowest BCUT2D eigenvalue weighted by atomic mass is 9.85. The largest absolute Gasteiger partial charge is 0.497 e. The average molecular weight is 633 g/mol. The van der Waals surface area contributed by atoms with Crippen LogP contribution in [0.5, 0.6) is 5.75 Å². The van der Waals surface area contributed by atoms with Gasteiger partial charge in [-0.3, -0.25) is 14.5 Å². The van der Waals surface area contributed by atoms with Crippen LogP contribution in [0.3, 0.4) is 0 Å². The van der Waals surface area contributed by atoms with Crippen molar-refractivity contribution in [3.05, 3.63) is 114 Å². The smallest absolute Gasteiger partial charge is 0.220 e. The van der Waals surface area contributed by atoms with Crippen LogP contribution >= 0.6 is 24.2 Å². The highest BCUT2D eigenvalue weighted by Gasteiger charge is 2.27. The van der Waals surface area contributed by atoms with Gasteiger partial charge in [-0.25, -0.2) is 0 Å². The summed E-state index contributed by atoms with van der Waals surface area (Å²) in [6.45, 7) is 13.8. The first-order valence-electron chi connectivity index (χ1n) is 14.5.